The van der Waals surface area contributed by atoms with Crippen molar-refractivity contribution < 1.29 is 13.9 Å². The summed E-state index contributed by atoms with van der Waals surface area (Å²) in [5.41, 5.74) is 7.54. The van der Waals surface area contributed by atoms with Crippen molar-refractivity contribution in [1.82, 2.24) is 14.7 Å². The maximum atomic E-state index is 13.1. The Kier molecular flexibility index (Phi) is 6.00. The van der Waals surface area contributed by atoms with Crippen LogP contribution in [0.4, 0.5) is 4.39 Å². The molecule has 2 heterocycles. The minimum atomic E-state index is -0.300. The van der Waals surface area contributed by atoms with E-state index in [4.69, 9.17) is 10.5 Å². The second-order valence-electron chi connectivity index (χ2n) is 6.54. The second kappa shape index (κ2) is 8.42. The van der Waals surface area contributed by atoms with Crippen molar-refractivity contribution in [2.45, 2.75) is 32.3 Å². The van der Waals surface area contributed by atoms with Crippen LogP contribution in [0.1, 0.15) is 35.3 Å². The molecule has 0 bridgehead atoms. The molecule has 0 radical (unpaired) electrons. The van der Waals surface area contributed by atoms with Crippen LogP contribution in [0, 0.1) is 12.7 Å². The number of halogens is 1. The molecule has 0 aliphatic carbocycles. The molecule has 6 nitrogen and oxygen atoms in total. The zero-order valence-corrected chi connectivity index (χ0v) is 15.0. The molecule has 1 saturated heterocycles. The molecule has 0 spiro atoms. The lowest BCUT2D eigenvalue weighted by molar-refractivity contribution is 0.00843. The largest absolute Gasteiger partial charge is 0.378 e. The maximum absolute atomic E-state index is 13.1. The van der Waals surface area contributed by atoms with Gasteiger partial charge in [0.1, 0.15) is 5.82 Å². The van der Waals surface area contributed by atoms with Crippen LogP contribution in [-0.4, -0.2) is 52.9 Å². The van der Waals surface area contributed by atoms with Gasteiger partial charge in [0.25, 0.3) is 5.91 Å². The fourth-order valence-corrected chi connectivity index (χ4v) is 3.19. The molecule has 0 atom stereocenters. The van der Waals surface area contributed by atoms with Crippen molar-refractivity contribution in [2.24, 2.45) is 5.73 Å². The van der Waals surface area contributed by atoms with Crippen LogP contribution in [0.3, 0.4) is 0 Å². The first-order valence-electron chi connectivity index (χ1n) is 9.01. The van der Waals surface area contributed by atoms with E-state index in [2.05, 4.69) is 5.10 Å². The number of benzene rings is 1. The van der Waals surface area contributed by atoms with E-state index in [1.54, 1.807) is 23.0 Å². The molecular formula is C19H25FN4O2. The maximum Gasteiger partial charge on any atom is 0.257 e. The van der Waals surface area contributed by atoms with Crippen LogP contribution in [0.15, 0.2) is 30.5 Å². The van der Waals surface area contributed by atoms with E-state index in [1.807, 2.05) is 11.8 Å². The van der Waals surface area contributed by atoms with E-state index in [0.717, 1.165) is 30.6 Å². The number of amides is 1. The molecule has 1 amide bonds. The van der Waals surface area contributed by atoms with Gasteiger partial charge in [-0.2, -0.15) is 5.10 Å². The summed E-state index contributed by atoms with van der Waals surface area (Å²) in [6, 6.07) is 6.06. The molecule has 3 rings (SSSR count). The van der Waals surface area contributed by atoms with Gasteiger partial charge >= 0.3 is 0 Å². The van der Waals surface area contributed by atoms with Crippen LogP contribution in [0.5, 0.6) is 0 Å². The molecular weight excluding hydrogens is 335 g/mol. The molecule has 140 valence electrons. The summed E-state index contributed by atoms with van der Waals surface area (Å²) in [6.07, 6.45) is 4.32. The second-order valence-corrected chi connectivity index (χ2v) is 6.54. The van der Waals surface area contributed by atoms with Crippen molar-refractivity contribution in [3.63, 3.8) is 0 Å². The summed E-state index contributed by atoms with van der Waals surface area (Å²) in [7, 11) is 0. The molecule has 2 N–H and O–H groups in total. The van der Waals surface area contributed by atoms with E-state index >= 15 is 0 Å². The van der Waals surface area contributed by atoms with Gasteiger partial charge in [-0.05, 0) is 57.0 Å². The lowest BCUT2D eigenvalue weighted by Crippen LogP contribution is -2.41. The third kappa shape index (κ3) is 4.11. The van der Waals surface area contributed by atoms with E-state index < -0.39 is 0 Å². The average molecular weight is 360 g/mol. The van der Waals surface area contributed by atoms with Crippen LogP contribution >= 0.6 is 0 Å². The lowest BCUT2D eigenvalue weighted by Gasteiger charge is -2.32. The van der Waals surface area contributed by atoms with E-state index in [1.165, 1.54) is 12.1 Å². The highest BCUT2D eigenvalue weighted by Crippen LogP contribution is 2.20. The Balaban J connectivity index is 1.63. The Bertz CT molecular complexity index is 736. The van der Waals surface area contributed by atoms with Crippen LogP contribution in [0.2, 0.25) is 0 Å². The smallest absolute Gasteiger partial charge is 0.257 e. The highest BCUT2D eigenvalue weighted by atomic mass is 19.1. The average Bonchev–Trinajstić information content (AvgIpc) is 3.04. The molecule has 1 aromatic heterocycles. The quantitative estimate of drug-likeness (QED) is 0.802. The van der Waals surface area contributed by atoms with Crippen LogP contribution in [-0.2, 0) is 4.74 Å². The van der Waals surface area contributed by atoms with Gasteiger partial charge in [-0.3, -0.25) is 4.79 Å². The summed E-state index contributed by atoms with van der Waals surface area (Å²) < 4.78 is 20.6. The first-order valence-corrected chi connectivity index (χ1v) is 9.01. The normalized spacial score (nSPS) is 15.4. The van der Waals surface area contributed by atoms with Gasteiger partial charge in [-0.1, -0.05) is 0 Å². The number of likely N-dealkylation sites (tertiary alicyclic amines) is 1. The SMILES string of the molecule is Cc1c(C(=O)N2CCC(OCCCN)CC2)cnn1-c1ccc(F)cc1. The van der Waals surface area contributed by atoms with E-state index in [0.29, 0.717) is 31.8 Å². The Morgan fingerprint density at radius 1 is 1.31 bits per heavy atom. The molecule has 0 saturated carbocycles. The summed E-state index contributed by atoms with van der Waals surface area (Å²) >= 11 is 0. The van der Waals surface area contributed by atoms with E-state index in [9.17, 15) is 9.18 Å². The summed E-state index contributed by atoms with van der Waals surface area (Å²) in [4.78, 5) is 14.7. The Morgan fingerprint density at radius 3 is 2.65 bits per heavy atom. The number of ether oxygens (including phenoxy) is 1. The van der Waals surface area contributed by atoms with Gasteiger partial charge < -0.3 is 15.4 Å². The molecule has 1 aromatic carbocycles. The number of nitrogens with two attached hydrogens (primary N) is 1. The molecule has 7 heteroatoms. The van der Waals surface area contributed by atoms with Crippen molar-refractivity contribution in [3.05, 3.63) is 47.5 Å². The van der Waals surface area contributed by atoms with Gasteiger partial charge in [0.15, 0.2) is 0 Å². The van der Waals surface area contributed by atoms with Gasteiger partial charge in [0.05, 0.1) is 29.2 Å². The predicted molar refractivity (Wildman–Crippen MR) is 96.8 cm³/mol. The van der Waals surface area contributed by atoms with Crippen molar-refractivity contribution in [3.8, 4) is 5.69 Å². The van der Waals surface area contributed by atoms with Gasteiger partial charge in [0.2, 0.25) is 0 Å². The molecule has 1 fully saturated rings. The highest BCUT2D eigenvalue weighted by Gasteiger charge is 2.26. The number of nitrogens with zero attached hydrogens (tertiary/aromatic N) is 3. The topological polar surface area (TPSA) is 73.4 Å². The van der Waals surface area contributed by atoms with Crippen molar-refractivity contribution >= 4 is 5.91 Å². The van der Waals surface area contributed by atoms with Gasteiger partial charge in [0, 0.05) is 19.7 Å². The number of hydrogen-bond donors (Lipinski definition) is 1. The van der Waals surface area contributed by atoms with Gasteiger partial charge in [-0.25, -0.2) is 9.07 Å². The summed E-state index contributed by atoms with van der Waals surface area (Å²) in [5, 5.41) is 4.31. The first-order chi connectivity index (χ1) is 12.6. The van der Waals surface area contributed by atoms with Crippen LogP contribution in [0.25, 0.3) is 5.69 Å². The number of carbonyl (C=O) groups is 1. The highest BCUT2D eigenvalue weighted by molar-refractivity contribution is 5.95. The standard InChI is InChI=1S/C19H25FN4O2/c1-14-18(13-22-24(14)16-5-3-15(20)4-6-16)19(25)23-10-7-17(8-11-23)26-12-2-9-21/h3-6,13,17H,2,7-12,21H2,1H3. The zero-order valence-electron chi connectivity index (χ0n) is 15.0. The molecule has 26 heavy (non-hydrogen) atoms. The Labute approximate surface area is 152 Å². The monoisotopic (exact) mass is 360 g/mol. The fourth-order valence-electron chi connectivity index (χ4n) is 3.19. The first kappa shape index (κ1) is 18.5. The third-order valence-electron chi connectivity index (χ3n) is 4.74. The van der Waals surface area contributed by atoms with E-state index in [-0.39, 0.29) is 17.8 Å². The van der Waals surface area contributed by atoms with Gasteiger partial charge in [-0.15, -0.1) is 0 Å². The predicted octanol–water partition coefficient (Wildman–Crippen LogP) is 2.29. The molecule has 1 aliphatic heterocycles. The fraction of sp³-hybridized carbons (Fsp3) is 0.474. The summed E-state index contributed by atoms with van der Waals surface area (Å²) in [6.45, 7) is 4.51. The van der Waals surface area contributed by atoms with Crippen molar-refractivity contribution in [1.29, 1.82) is 0 Å². The van der Waals surface area contributed by atoms with Crippen LogP contribution < -0.4 is 5.73 Å². The number of carbonyl (C=O) groups excluding carboxylic acids is 1. The molecule has 2 aromatic rings. The summed E-state index contributed by atoms with van der Waals surface area (Å²) in [5.74, 6) is -0.317. The zero-order chi connectivity index (χ0) is 18.5. The Morgan fingerprint density at radius 2 is 2.00 bits per heavy atom. The molecule has 0 unspecified atom stereocenters. The van der Waals surface area contributed by atoms with Crippen molar-refractivity contribution in [2.75, 3.05) is 26.2 Å². The number of aromatic nitrogens is 2. The lowest BCUT2D eigenvalue weighted by atomic mass is 10.1. The minimum Gasteiger partial charge on any atom is -0.378 e. The Hall–Kier alpha value is -2.25. The molecule has 1 aliphatic rings. The number of hydrogen-bond acceptors (Lipinski definition) is 4. The third-order valence-corrected chi connectivity index (χ3v) is 4.74. The number of piperidine rings is 1. The number of rotatable bonds is 6. The minimum absolute atomic E-state index is 0.0173.